The molecule has 2 aliphatic heterocycles. The van der Waals surface area contributed by atoms with E-state index in [1.54, 1.807) is 23.5 Å². The molecule has 0 amide bonds. The van der Waals surface area contributed by atoms with Gasteiger partial charge in [-0.3, -0.25) is 4.90 Å². The van der Waals surface area contributed by atoms with Crippen LogP contribution in [0.1, 0.15) is 19.2 Å². The molecule has 33 heavy (non-hydrogen) atoms. The second-order valence-corrected chi connectivity index (χ2v) is 11.2. The molecule has 0 aliphatic carbocycles. The molecular weight excluding hydrogens is 460 g/mol. The summed E-state index contributed by atoms with van der Waals surface area (Å²) in [5.41, 5.74) is 1.72. The van der Waals surface area contributed by atoms with Crippen LogP contribution in [0, 0.1) is 0 Å². The quantitative estimate of drug-likeness (QED) is 0.524. The Labute approximate surface area is 198 Å². The van der Waals surface area contributed by atoms with Crippen molar-refractivity contribution in [3.05, 3.63) is 35.6 Å². The standard InChI is InChI=1S/C22H30N6O3S2/c1-2-28-20-5-4-18(33(29,30)27-11-13-31-14-12-27)16-19(20)24-21(28)17-25-7-3-8-26(10-9-25)22-23-6-15-32-22/h4-6,15-16H,2-3,7-14,17H2,1H3. The molecule has 2 saturated heterocycles. The van der Waals surface area contributed by atoms with Gasteiger partial charge < -0.3 is 14.2 Å². The summed E-state index contributed by atoms with van der Waals surface area (Å²) in [6.45, 7) is 9.21. The summed E-state index contributed by atoms with van der Waals surface area (Å²) in [5.74, 6) is 0.983. The third-order valence-corrected chi connectivity index (χ3v) is 9.09. The maximum Gasteiger partial charge on any atom is 0.243 e. The van der Waals surface area contributed by atoms with Crippen LogP contribution < -0.4 is 4.90 Å². The molecule has 5 rings (SSSR count). The van der Waals surface area contributed by atoms with Crippen molar-refractivity contribution < 1.29 is 13.2 Å². The van der Waals surface area contributed by atoms with E-state index in [1.807, 2.05) is 17.6 Å². The third-order valence-electron chi connectivity index (χ3n) is 6.37. The predicted octanol–water partition coefficient (Wildman–Crippen LogP) is 2.25. The van der Waals surface area contributed by atoms with E-state index in [-0.39, 0.29) is 0 Å². The smallest absolute Gasteiger partial charge is 0.243 e. The normalized spacial score (nSPS) is 19.2. The number of hydrogen-bond acceptors (Lipinski definition) is 8. The van der Waals surface area contributed by atoms with Crippen LogP contribution in [0.4, 0.5) is 5.13 Å². The first kappa shape index (κ1) is 22.7. The Morgan fingerprint density at radius 1 is 1.09 bits per heavy atom. The molecular formula is C22H30N6O3S2. The highest BCUT2D eigenvalue weighted by Gasteiger charge is 2.27. The van der Waals surface area contributed by atoms with Crippen molar-refractivity contribution in [2.75, 3.05) is 57.4 Å². The maximum absolute atomic E-state index is 13.1. The van der Waals surface area contributed by atoms with Crippen molar-refractivity contribution in [2.24, 2.45) is 0 Å². The number of benzene rings is 1. The number of fused-ring (bicyclic) bond motifs is 1. The molecule has 0 radical (unpaired) electrons. The number of aromatic nitrogens is 3. The third kappa shape index (κ3) is 4.65. The van der Waals surface area contributed by atoms with Crippen LogP contribution in [-0.2, 0) is 27.8 Å². The predicted molar refractivity (Wildman–Crippen MR) is 129 cm³/mol. The lowest BCUT2D eigenvalue weighted by atomic mass is 10.3. The van der Waals surface area contributed by atoms with Crippen molar-refractivity contribution in [2.45, 2.75) is 31.3 Å². The first-order chi connectivity index (χ1) is 16.1. The van der Waals surface area contributed by atoms with Crippen molar-refractivity contribution in [3.63, 3.8) is 0 Å². The minimum absolute atomic E-state index is 0.304. The van der Waals surface area contributed by atoms with Crippen molar-refractivity contribution in [1.82, 2.24) is 23.7 Å². The minimum Gasteiger partial charge on any atom is -0.379 e. The van der Waals surface area contributed by atoms with Crippen molar-refractivity contribution in [1.29, 1.82) is 0 Å². The van der Waals surface area contributed by atoms with Gasteiger partial charge in [-0.25, -0.2) is 18.4 Å². The second kappa shape index (κ2) is 9.67. The molecule has 2 fully saturated rings. The first-order valence-electron chi connectivity index (χ1n) is 11.5. The van der Waals surface area contributed by atoms with Gasteiger partial charge in [0.2, 0.25) is 10.0 Å². The number of imidazole rings is 1. The molecule has 2 aliphatic rings. The van der Waals surface area contributed by atoms with Crippen molar-refractivity contribution in [3.8, 4) is 0 Å². The number of sulfonamides is 1. The van der Waals surface area contributed by atoms with Crippen LogP contribution in [0.3, 0.4) is 0 Å². The topological polar surface area (TPSA) is 83.8 Å². The van der Waals surface area contributed by atoms with Gasteiger partial charge in [-0.1, -0.05) is 0 Å². The van der Waals surface area contributed by atoms with Gasteiger partial charge in [-0.15, -0.1) is 11.3 Å². The zero-order valence-electron chi connectivity index (χ0n) is 18.9. The summed E-state index contributed by atoms with van der Waals surface area (Å²) in [6, 6.07) is 5.33. The lowest BCUT2D eigenvalue weighted by Crippen LogP contribution is -2.40. The molecule has 2 aromatic heterocycles. The monoisotopic (exact) mass is 490 g/mol. The van der Waals surface area contributed by atoms with Crippen LogP contribution in [0.2, 0.25) is 0 Å². The maximum atomic E-state index is 13.1. The van der Waals surface area contributed by atoms with Crippen LogP contribution in [0.15, 0.2) is 34.7 Å². The highest BCUT2D eigenvalue weighted by molar-refractivity contribution is 7.89. The van der Waals surface area contributed by atoms with E-state index in [0.717, 1.165) is 67.7 Å². The molecule has 0 spiro atoms. The van der Waals surface area contributed by atoms with Crippen LogP contribution in [-0.4, -0.2) is 84.6 Å². The highest BCUT2D eigenvalue weighted by Crippen LogP contribution is 2.25. The van der Waals surface area contributed by atoms with E-state index >= 15 is 0 Å². The number of nitrogens with zero attached hydrogens (tertiary/aromatic N) is 6. The molecule has 3 aromatic rings. The highest BCUT2D eigenvalue weighted by atomic mass is 32.2. The zero-order valence-corrected chi connectivity index (χ0v) is 20.5. The fourth-order valence-corrected chi connectivity index (χ4v) is 6.75. The number of hydrogen-bond donors (Lipinski definition) is 0. The van der Waals surface area contributed by atoms with Crippen LogP contribution in [0.5, 0.6) is 0 Å². The summed E-state index contributed by atoms with van der Waals surface area (Å²) in [5, 5.41) is 3.11. The molecule has 4 heterocycles. The fourth-order valence-electron chi connectivity index (χ4n) is 4.62. The number of thiazole rings is 1. The van der Waals surface area contributed by atoms with Gasteiger partial charge in [0.1, 0.15) is 5.82 Å². The Morgan fingerprint density at radius 2 is 1.94 bits per heavy atom. The zero-order chi connectivity index (χ0) is 22.8. The van der Waals surface area contributed by atoms with Gasteiger partial charge in [-0.05, 0) is 31.5 Å². The Morgan fingerprint density at radius 3 is 2.70 bits per heavy atom. The summed E-state index contributed by atoms with van der Waals surface area (Å²) < 4.78 is 35.2. The molecule has 11 heteroatoms. The lowest BCUT2D eigenvalue weighted by molar-refractivity contribution is 0.0730. The molecule has 0 unspecified atom stereocenters. The fraction of sp³-hybridized carbons (Fsp3) is 0.545. The average molecular weight is 491 g/mol. The molecule has 0 bridgehead atoms. The number of rotatable bonds is 6. The number of morpholine rings is 1. The number of aryl methyl sites for hydroxylation is 1. The van der Waals surface area contributed by atoms with E-state index in [4.69, 9.17) is 9.72 Å². The molecule has 9 nitrogen and oxygen atoms in total. The minimum atomic E-state index is -3.54. The van der Waals surface area contributed by atoms with Gasteiger partial charge in [-0.2, -0.15) is 4.31 Å². The van der Waals surface area contributed by atoms with Gasteiger partial charge in [0.05, 0.1) is 35.7 Å². The van der Waals surface area contributed by atoms with Gasteiger partial charge in [0, 0.05) is 57.4 Å². The second-order valence-electron chi connectivity index (χ2n) is 8.37. The number of ether oxygens (including phenoxy) is 1. The Kier molecular flexibility index (Phi) is 6.66. The molecule has 0 atom stereocenters. The molecule has 0 N–H and O–H groups in total. The summed E-state index contributed by atoms with van der Waals surface area (Å²) in [4.78, 5) is 14.4. The van der Waals surface area contributed by atoms with Gasteiger partial charge in [0.25, 0.3) is 0 Å². The van der Waals surface area contributed by atoms with Crippen LogP contribution >= 0.6 is 11.3 Å². The Hall–Kier alpha value is -2.05. The Balaban J connectivity index is 1.36. The molecule has 178 valence electrons. The lowest BCUT2D eigenvalue weighted by Gasteiger charge is -2.26. The van der Waals surface area contributed by atoms with Gasteiger partial charge in [0.15, 0.2) is 5.13 Å². The summed E-state index contributed by atoms with van der Waals surface area (Å²) >= 11 is 1.69. The van der Waals surface area contributed by atoms with Crippen molar-refractivity contribution >= 4 is 37.5 Å². The van der Waals surface area contributed by atoms with Gasteiger partial charge >= 0.3 is 0 Å². The molecule has 0 saturated carbocycles. The summed E-state index contributed by atoms with van der Waals surface area (Å²) in [6.07, 6.45) is 2.94. The summed E-state index contributed by atoms with van der Waals surface area (Å²) in [7, 11) is -3.54. The van der Waals surface area contributed by atoms with E-state index in [1.165, 1.54) is 4.31 Å². The number of anilines is 1. The largest absolute Gasteiger partial charge is 0.379 e. The van der Waals surface area contributed by atoms with E-state index in [0.29, 0.717) is 31.2 Å². The first-order valence-corrected chi connectivity index (χ1v) is 13.8. The Bertz CT molecular complexity index is 1190. The van der Waals surface area contributed by atoms with E-state index in [2.05, 4.69) is 26.3 Å². The van der Waals surface area contributed by atoms with E-state index < -0.39 is 10.0 Å². The van der Waals surface area contributed by atoms with Crippen LogP contribution in [0.25, 0.3) is 11.0 Å². The average Bonchev–Trinajstić information content (AvgIpc) is 3.42. The molecule has 1 aromatic carbocycles. The van der Waals surface area contributed by atoms with E-state index in [9.17, 15) is 8.42 Å². The SMILES string of the molecule is CCn1c(CN2CCCN(c3nccs3)CC2)nc2cc(S(=O)(=O)N3CCOCC3)ccc21.